The molecule has 0 bridgehead atoms. The first-order valence-electron chi connectivity index (χ1n) is 5.56. The summed E-state index contributed by atoms with van der Waals surface area (Å²) in [6.07, 6.45) is -3.19. The Kier molecular flexibility index (Phi) is 3.80. The van der Waals surface area contributed by atoms with Crippen LogP contribution in [0.3, 0.4) is 0 Å². The smallest absolute Gasteiger partial charge is 0.467 e. The Morgan fingerprint density at radius 2 is 2.00 bits per heavy atom. The van der Waals surface area contributed by atoms with Crippen LogP contribution in [0.2, 0.25) is 0 Å². The van der Waals surface area contributed by atoms with Crippen LogP contribution in [0.25, 0.3) is 0 Å². The van der Waals surface area contributed by atoms with Gasteiger partial charge in [-0.15, -0.1) is 13.2 Å². The van der Waals surface area contributed by atoms with Crippen molar-refractivity contribution in [2.45, 2.75) is 12.4 Å². The van der Waals surface area contributed by atoms with E-state index >= 15 is 0 Å². The minimum absolute atomic E-state index is 0.253. The van der Waals surface area contributed by atoms with Crippen molar-refractivity contribution in [3.8, 4) is 5.75 Å². The molecule has 2 aromatic rings. The maximum atomic E-state index is 12.2. The molecular weight excluding hydrogens is 259 g/mol. The van der Waals surface area contributed by atoms with Gasteiger partial charge in [-0.3, -0.25) is 0 Å². The first-order valence-corrected chi connectivity index (χ1v) is 5.56. The van der Waals surface area contributed by atoms with Crippen LogP contribution in [-0.2, 0) is 0 Å². The summed E-state index contributed by atoms with van der Waals surface area (Å²) in [4.78, 5) is 0. The molecule has 0 amide bonds. The monoisotopic (exact) mass is 271 g/mol. The lowest BCUT2D eigenvalue weighted by Gasteiger charge is -2.16. The van der Waals surface area contributed by atoms with Crippen LogP contribution in [0.5, 0.6) is 5.75 Å². The molecule has 19 heavy (non-hydrogen) atoms. The SMILES string of the molecule is CNC(c1cccc(OC(F)(F)F)c1)c1ccco1. The molecule has 102 valence electrons. The van der Waals surface area contributed by atoms with Crippen LogP contribution in [0.15, 0.2) is 47.1 Å². The predicted molar refractivity (Wildman–Crippen MR) is 62.7 cm³/mol. The van der Waals surface area contributed by atoms with E-state index in [2.05, 4.69) is 10.1 Å². The summed E-state index contributed by atoms with van der Waals surface area (Å²) in [6, 6.07) is 8.93. The highest BCUT2D eigenvalue weighted by Gasteiger charge is 2.31. The molecule has 1 heterocycles. The molecule has 1 aromatic carbocycles. The number of halogens is 3. The molecule has 6 heteroatoms. The highest BCUT2D eigenvalue weighted by molar-refractivity contribution is 5.34. The number of furan rings is 1. The van der Waals surface area contributed by atoms with E-state index in [1.165, 1.54) is 24.5 Å². The van der Waals surface area contributed by atoms with E-state index in [0.29, 0.717) is 11.3 Å². The lowest BCUT2D eigenvalue weighted by Crippen LogP contribution is -2.19. The third-order valence-electron chi connectivity index (χ3n) is 2.54. The summed E-state index contributed by atoms with van der Waals surface area (Å²) in [5, 5.41) is 2.98. The molecule has 2 rings (SSSR count). The molecule has 1 unspecified atom stereocenters. The first kappa shape index (κ1) is 13.5. The highest BCUT2D eigenvalue weighted by Crippen LogP contribution is 2.28. The standard InChI is InChI=1S/C13H12F3NO2/c1-17-12(11-6-3-7-18-11)9-4-2-5-10(8-9)19-13(14,15)16/h2-8,12,17H,1H3. The minimum atomic E-state index is -4.70. The van der Waals surface area contributed by atoms with Gasteiger partial charge in [0.05, 0.1) is 12.3 Å². The van der Waals surface area contributed by atoms with E-state index in [1.54, 1.807) is 25.2 Å². The number of nitrogens with one attached hydrogen (secondary N) is 1. The summed E-state index contributed by atoms with van der Waals surface area (Å²) < 4.78 is 45.7. The zero-order chi connectivity index (χ0) is 13.9. The average molecular weight is 271 g/mol. The topological polar surface area (TPSA) is 34.4 Å². The average Bonchev–Trinajstić information content (AvgIpc) is 2.82. The molecule has 0 spiro atoms. The molecule has 0 aliphatic carbocycles. The van der Waals surface area contributed by atoms with Gasteiger partial charge in [0.2, 0.25) is 0 Å². The summed E-state index contributed by atoms with van der Waals surface area (Å²) in [5.74, 6) is 0.364. The van der Waals surface area contributed by atoms with E-state index < -0.39 is 6.36 Å². The van der Waals surface area contributed by atoms with Crippen molar-refractivity contribution in [3.05, 3.63) is 54.0 Å². The van der Waals surface area contributed by atoms with Gasteiger partial charge in [0.15, 0.2) is 0 Å². The van der Waals surface area contributed by atoms with Gasteiger partial charge in [-0.05, 0) is 36.9 Å². The number of hydrogen-bond donors (Lipinski definition) is 1. The van der Waals surface area contributed by atoms with Crippen molar-refractivity contribution in [2.24, 2.45) is 0 Å². The van der Waals surface area contributed by atoms with E-state index in [0.717, 1.165) is 0 Å². The fourth-order valence-electron chi connectivity index (χ4n) is 1.82. The second-order valence-electron chi connectivity index (χ2n) is 3.86. The van der Waals surface area contributed by atoms with Crippen molar-refractivity contribution in [1.29, 1.82) is 0 Å². The van der Waals surface area contributed by atoms with Gasteiger partial charge in [-0.1, -0.05) is 12.1 Å². The van der Waals surface area contributed by atoms with Crippen LogP contribution in [0, 0.1) is 0 Å². The third kappa shape index (κ3) is 3.51. The Labute approximate surface area is 108 Å². The van der Waals surface area contributed by atoms with Crippen molar-refractivity contribution in [1.82, 2.24) is 5.32 Å². The Balaban J connectivity index is 2.27. The van der Waals surface area contributed by atoms with Gasteiger partial charge >= 0.3 is 6.36 Å². The fourth-order valence-corrected chi connectivity index (χ4v) is 1.82. The van der Waals surface area contributed by atoms with Crippen molar-refractivity contribution < 1.29 is 22.3 Å². The van der Waals surface area contributed by atoms with E-state index in [9.17, 15) is 13.2 Å². The van der Waals surface area contributed by atoms with E-state index in [-0.39, 0.29) is 11.8 Å². The molecule has 1 N–H and O–H groups in total. The molecule has 1 atom stereocenters. The molecule has 0 aliphatic heterocycles. The lowest BCUT2D eigenvalue weighted by atomic mass is 10.0. The van der Waals surface area contributed by atoms with Gasteiger partial charge in [0.1, 0.15) is 11.5 Å². The normalized spacial score (nSPS) is 13.3. The Morgan fingerprint density at radius 1 is 1.21 bits per heavy atom. The van der Waals surface area contributed by atoms with Gasteiger partial charge in [-0.25, -0.2) is 0 Å². The van der Waals surface area contributed by atoms with E-state index in [1.807, 2.05) is 0 Å². The van der Waals surface area contributed by atoms with Crippen LogP contribution in [0.4, 0.5) is 13.2 Å². The van der Waals surface area contributed by atoms with Gasteiger partial charge < -0.3 is 14.5 Å². The molecule has 0 radical (unpaired) electrons. The third-order valence-corrected chi connectivity index (χ3v) is 2.54. The number of rotatable bonds is 4. The van der Waals surface area contributed by atoms with E-state index in [4.69, 9.17) is 4.42 Å². The Morgan fingerprint density at radius 3 is 2.58 bits per heavy atom. The van der Waals surface area contributed by atoms with Crippen LogP contribution < -0.4 is 10.1 Å². The second-order valence-corrected chi connectivity index (χ2v) is 3.86. The number of ether oxygens (including phenoxy) is 1. The van der Waals surface area contributed by atoms with Crippen molar-refractivity contribution in [2.75, 3.05) is 7.05 Å². The largest absolute Gasteiger partial charge is 0.573 e. The summed E-state index contributed by atoms with van der Waals surface area (Å²) >= 11 is 0. The molecule has 0 saturated heterocycles. The first-order chi connectivity index (χ1) is 8.99. The molecular formula is C13H12F3NO2. The summed E-state index contributed by atoms with van der Waals surface area (Å²) in [7, 11) is 1.70. The molecule has 1 aromatic heterocycles. The summed E-state index contributed by atoms with van der Waals surface area (Å²) in [5.41, 5.74) is 0.624. The predicted octanol–water partition coefficient (Wildman–Crippen LogP) is 3.49. The number of hydrogen-bond acceptors (Lipinski definition) is 3. The van der Waals surface area contributed by atoms with Crippen LogP contribution in [-0.4, -0.2) is 13.4 Å². The highest BCUT2D eigenvalue weighted by atomic mass is 19.4. The molecule has 0 saturated carbocycles. The number of alkyl halides is 3. The summed E-state index contributed by atoms with van der Waals surface area (Å²) in [6.45, 7) is 0. The van der Waals surface area contributed by atoms with Crippen LogP contribution in [0.1, 0.15) is 17.4 Å². The van der Waals surface area contributed by atoms with Gasteiger partial charge in [0, 0.05) is 0 Å². The van der Waals surface area contributed by atoms with Crippen LogP contribution >= 0.6 is 0 Å². The van der Waals surface area contributed by atoms with Gasteiger partial charge in [0.25, 0.3) is 0 Å². The lowest BCUT2D eigenvalue weighted by molar-refractivity contribution is -0.274. The maximum Gasteiger partial charge on any atom is 0.573 e. The Bertz CT molecular complexity index is 523. The minimum Gasteiger partial charge on any atom is -0.467 e. The van der Waals surface area contributed by atoms with Gasteiger partial charge in [-0.2, -0.15) is 0 Å². The zero-order valence-corrected chi connectivity index (χ0v) is 10.1. The fraction of sp³-hybridized carbons (Fsp3) is 0.231. The number of benzene rings is 1. The quantitative estimate of drug-likeness (QED) is 0.924. The maximum absolute atomic E-state index is 12.2. The molecule has 3 nitrogen and oxygen atoms in total. The molecule has 0 fully saturated rings. The Hall–Kier alpha value is -1.95. The second kappa shape index (κ2) is 5.36. The van der Waals surface area contributed by atoms with Crippen molar-refractivity contribution >= 4 is 0 Å². The zero-order valence-electron chi connectivity index (χ0n) is 10.1. The molecule has 0 aliphatic rings. The van der Waals surface area contributed by atoms with Crippen molar-refractivity contribution in [3.63, 3.8) is 0 Å².